The van der Waals surface area contributed by atoms with Crippen LogP contribution in [0.3, 0.4) is 0 Å². The molecule has 0 amide bonds. The van der Waals surface area contributed by atoms with Crippen LogP contribution >= 0.6 is 0 Å². The highest BCUT2D eigenvalue weighted by Gasteiger charge is 2.11. The summed E-state index contributed by atoms with van der Waals surface area (Å²) in [6.07, 6.45) is 1.38. The number of aryl methyl sites for hydroxylation is 1. The molecule has 0 aliphatic rings. The van der Waals surface area contributed by atoms with Crippen molar-refractivity contribution >= 4 is 16.2 Å². The Morgan fingerprint density at radius 1 is 0.968 bits per heavy atom. The van der Waals surface area contributed by atoms with Crippen LogP contribution in [0.1, 0.15) is 22.3 Å². The molecule has 0 atom stereocenters. The van der Waals surface area contributed by atoms with E-state index in [9.17, 15) is 17.2 Å². The van der Waals surface area contributed by atoms with Gasteiger partial charge in [-0.1, -0.05) is 41.7 Å². The Bertz CT molecular complexity index is 1230. The average Bonchev–Trinajstić information content (AvgIpc) is 2.73. The molecule has 0 fully saturated rings. The van der Waals surface area contributed by atoms with Crippen molar-refractivity contribution in [3.63, 3.8) is 0 Å². The molecule has 0 aliphatic heterocycles. The van der Waals surface area contributed by atoms with Gasteiger partial charge in [-0.05, 0) is 61.0 Å². The molecule has 0 saturated carbocycles. The SMILES string of the molecule is Cc1ccc(S(=O)(=O)N/N=C/c2cccc(C#Cc3ccc(OC(F)F)cc3)c2)cc1. The quantitative estimate of drug-likeness (QED) is 0.353. The van der Waals surface area contributed by atoms with Crippen LogP contribution in [0.2, 0.25) is 0 Å². The van der Waals surface area contributed by atoms with Crippen LogP contribution in [0.25, 0.3) is 0 Å². The molecule has 0 aromatic heterocycles. The first-order chi connectivity index (χ1) is 14.8. The van der Waals surface area contributed by atoms with Gasteiger partial charge in [-0.15, -0.1) is 0 Å². The Morgan fingerprint density at radius 2 is 1.65 bits per heavy atom. The zero-order valence-corrected chi connectivity index (χ0v) is 17.2. The summed E-state index contributed by atoms with van der Waals surface area (Å²) >= 11 is 0. The molecule has 0 radical (unpaired) electrons. The van der Waals surface area contributed by atoms with E-state index >= 15 is 0 Å². The smallest absolute Gasteiger partial charge is 0.387 e. The second-order valence-corrected chi connectivity index (χ2v) is 8.11. The summed E-state index contributed by atoms with van der Waals surface area (Å²) in [5, 5.41) is 3.82. The first-order valence-electron chi connectivity index (χ1n) is 9.10. The van der Waals surface area contributed by atoms with E-state index in [1.54, 1.807) is 48.5 Å². The van der Waals surface area contributed by atoms with Gasteiger partial charge < -0.3 is 4.74 Å². The van der Waals surface area contributed by atoms with Gasteiger partial charge in [0.25, 0.3) is 10.0 Å². The third kappa shape index (κ3) is 6.66. The molecule has 8 heteroatoms. The van der Waals surface area contributed by atoms with E-state index in [0.717, 1.165) is 5.56 Å². The van der Waals surface area contributed by atoms with E-state index in [1.165, 1.54) is 30.5 Å². The lowest BCUT2D eigenvalue weighted by atomic mass is 10.1. The summed E-state index contributed by atoms with van der Waals surface area (Å²) in [6, 6.07) is 19.5. The summed E-state index contributed by atoms with van der Waals surface area (Å²) in [4.78, 5) is 2.30. The van der Waals surface area contributed by atoms with Crippen LogP contribution < -0.4 is 9.57 Å². The van der Waals surface area contributed by atoms with Gasteiger partial charge in [-0.25, -0.2) is 4.83 Å². The van der Waals surface area contributed by atoms with Gasteiger partial charge in [0.1, 0.15) is 5.75 Å². The van der Waals surface area contributed by atoms with Gasteiger partial charge in [0.05, 0.1) is 11.1 Å². The summed E-state index contributed by atoms with van der Waals surface area (Å²) in [6.45, 7) is -1.00. The number of hydrogen-bond acceptors (Lipinski definition) is 4. The van der Waals surface area contributed by atoms with Gasteiger partial charge in [0.2, 0.25) is 0 Å². The van der Waals surface area contributed by atoms with Crippen LogP contribution in [0.4, 0.5) is 8.78 Å². The second kappa shape index (κ2) is 9.87. The van der Waals surface area contributed by atoms with Crippen LogP contribution in [-0.2, 0) is 10.0 Å². The van der Waals surface area contributed by atoms with E-state index in [4.69, 9.17) is 0 Å². The second-order valence-electron chi connectivity index (χ2n) is 6.44. The molecule has 3 rings (SSSR count). The third-order valence-electron chi connectivity index (χ3n) is 4.04. The summed E-state index contributed by atoms with van der Waals surface area (Å²) < 4.78 is 53.2. The zero-order valence-electron chi connectivity index (χ0n) is 16.4. The minimum absolute atomic E-state index is 0.0619. The van der Waals surface area contributed by atoms with Crippen molar-refractivity contribution in [1.29, 1.82) is 0 Å². The fourth-order valence-corrected chi connectivity index (χ4v) is 3.29. The van der Waals surface area contributed by atoms with Crippen LogP contribution in [0.5, 0.6) is 5.75 Å². The van der Waals surface area contributed by atoms with Gasteiger partial charge in [-0.2, -0.15) is 22.3 Å². The topological polar surface area (TPSA) is 67.8 Å². The number of halogens is 2. The maximum atomic E-state index is 12.2. The number of hydrogen-bond donors (Lipinski definition) is 1. The number of nitrogens with one attached hydrogen (secondary N) is 1. The minimum atomic E-state index is -3.75. The van der Waals surface area contributed by atoms with Crippen LogP contribution in [0.15, 0.2) is 82.8 Å². The molecular formula is C23H18F2N2O3S. The van der Waals surface area contributed by atoms with Crippen molar-refractivity contribution in [2.75, 3.05) is 0 Å². The van der Waals surface area contributed by atoms with Crippen molar-refractivity contribution in [3.05, 3.63) is 95.1 Å². The lowest BCUT2D eigenvalue weighted by molar-refractivity contribution is -0.0498. The largest absolute Gasteiger partial charge is 0.435 e. The molecule has 0 spiro atoms. The number of rotatable bonds is 6. The summed E-state index contributed by atoms with van der Waals surface area (Å²) in [5.41, 5.74) is 2.92. The molecule has 158 valence electrons. The summed E-state index contributed by atoms with van der Waals surface area (Å²) in [5.74, 6) is 5.95. The lowest BCUT2D eigenvalue weighted by Gasteiger charge is -2.03. The van der Waals surface area contributed by atoms with Crippen molar-refractivity contribution in [3.8, 4) is 17.6 Å². The monoisotopic (exact) mass is 440 g/mol. The van der Waals surface area contributed by atoms with Crippen LogP contribution in [0, 0.1) is 18.8 Å². The number of hydrazone groups is 1. The highest BCUT2D eigenvalue weighted by Crippen LogP contribution is 2.14. The Morgan fingerprint density at radius 3 is 2.32 bits per heavy atom. The lowest BCUT2D eigenvalue weighted by Crippen LogP contribution is -2.18. The van der Waals surface area contributed by atoms with Crippen molar-refractivity contribution in [2.45, 2.75) is 18.4 Å². The van der Waals surface area contributed by atoms with Gasteiger partial charge in [-0.3, -0.25) is 0 Å². The van der Waals surface area contributed by atoms with E-state index in [2.05, 4.69) is 26.5 Å². The van der Waals surface area contributed by atoms with Gasteiger partial charge in [0.15, 0.2) is 0 Å². The molecular weight excluding hydrogens is 422 g/mol. The molecule has 3 aromatic rings. The average molecular weight is 440 g/mol. The molecule has 0 bridgehead atoms. The molecule has 1 N–H and O–H groups in total. The van der Waals surface area contributed by atoms with E-state index in [1.807, 2.05) is 6.92 Å². The van der Waals surface area contributed by atoms with Crippen molar-refractivity contribution < 1.29 is 21.9 Å². The highest BCUT2D eigenvalue weighted by atomic mass is 32.2. The molecule has 0 saturated heterocycles. The normalized spacial score (nSPS) is 11.2. The molecule has 0 heterocycles. The Balaban J connectivity index is 1.67. The maximum absolute atomic E-state index is 12.2. The molecule has 0 unspecified atom stereocenters. The van der Waals surface area contributed by atoms with E-state index < -0.39 is 16.6 Å². The molecule has 31 heavy (non-hydrogen) atoms. The fraction of sp³-hybridized carbons (Fsp3) is 0.0870. The van der Waals surface area contributed by atoms with Gasteiger partial charge in [0, 0.05) is 11.1 Å². The Kier molecular flexibility index (Phi) is 7.00. The highest BCUT2D eigenvalue weighted by molar-refractivity contribution is 7.89. The first-order valence-corrected chi connectivity index (χ1v) is 10.6. The Labute approximate surface area is 179 Å². The van der Waals surface area contributed by atoms with E-state index in [0.29, 0.717) is 16.7 Å². The minimum Gasteiger partial charge on any atom is -0.435 e. The third-order valence-corrected chi connectivity index (χ3v) is 5.27. The Hall–Kier alpha value is -3.70. The molecule has 0 aliphatic carbocycles. The van der Waals surface area contributed by atoms with Crippen molar-refractivity contribution in [2.24, 2.45) is 5.10 Å². The number of benzene rings is 3. The number of sulfonamides is 1. The standard InChI is InChI=1S/C23H18F2N2O3S/c1-17-5-13-22(14-6-17)31(28,29)27-26-16-20-4-2-3-19(15-20)8-7-18-9-11-21(12-10-18)30-23(24)25/h2-6,9-16,23,27H,1H3/b26-16+. The van der Waals surface area contributed by atoms with Crippen LogP contribution in [-0.4, -0.2) is 21.2 Å². The van der Waals surface area contributed by atoms with E-state index in [-0.39, 0.29) is 10.6 Å². The first kappa shape index (κ1) is 22.0. The molecule has 3 aromatic carbocycles. The zero-order chi connectivity index (χ0) is 22.3. The maximum Gasteiger partial charge on any atom is 0.387 e. The fourth-order valence-electron chi connectivity index (χ4n) is 2.50. The number of alkyl halides is 2. The summed E-state index contributed by atoms with van der Waals surface area (Å²) in [7, 11) is -3.75. The predicted octanol–water partition coefficient (Wildman–Crippen LogP) is 4.31. The van der Waals surface area contributed by atoms with Crippen molar-refractivity contribution in [1.82, 2.24) is 4.83 Å². The van der Waals surface area contributed by atoms with Gasteiger partial charge >= 0.3 is 6.61 Å². The number of nitrogens with zero attached hydrogens (tertiary/aromatic N) is 1. The molecule has 5 nitrogen and oxygen atoms in total. The predicted molar refractivity (Wildman–Crippen MR) is 115 cm³/mol. The number of ether oxygens (including phenoxy) is 1.